The van der Waals surface area contributed by atoms with Gasteiger partial charge < -0.3 is 0 Å². The standard InChI is InChI=1S/C14H13N3O4S3/c1-15-23(18,19)11-4-2-10(3-5-11)17-24(20,21)12-6-7-13-14(8-12)22-9-16-13/h2-9,15,17H,1H3. The van der Waals surface area contributed by atoms with E-state index in [1.807, 2.05) is 0 Å². The third-order valence-electron chi connectivity index (χ3n) is 3.30. The van der Waals surface area contributed by atoms with Gasteiger partial charge in [0.05, 0.1) is 25.5 Å². The maximum absolute atomic E-state index is 12.4. The van der Waals surface area contributed by atoms with Gasteiger partial charge in [0.15, 0.2) is 0 Å². The first kappa shape index (κ1) is 16.8. The predicted molar refractivity (Wildman–Crippen MR) is 93.1 cm³/mol. The fourth-order valence-corrected chi connectivity index (χ4v) is 4.64. The van der Waals surface area contributed by atoms with Crippen molar-refractivity contribution in [3.63, 3.8) is 0 Å². The van der Waals surface area contributed by atoms with Crippen LogP contribution >= 0.6 is 11.3 Å². The topological polar surface area (TPSA) is 105 Å². The highest BCUT2D eigenvalue weighted by molar-refractivity contribution is 7.92. The number of rotatable bonds is 5. The average Bonchev–Trinajstić information content (AvgIpc) is 3.02. The Morgan fingerprint density at radius 2 is 1.58 bits per heavy atom. The van der Waals surface area contributed by atoms with Gasteiger partial charge in [-0.3, -0.25) is 4.72 Å². The number of sulfonamides is 2. The number of fused-ring (bicyclic) bond motifs is 1. The molecule has 24 heavy (non-hydrogen) atoms. The van der Waals surface area contributed by atoms with Crippen LogP contribution in [-0.2, 0) is 20.0 Å². The largest absolute Gasteiger partial charge is 0.280 e. The quantitative estimate of drug-likeness (QED) is 0.701. The van der Waals surface area contributed by atoms with Gasteiger partial charge in [-0.1, -0.05) is 0 Å². The van der Waals surface area contributed by atoms with Gasteiger partial charge in [-0.15, -0.1) is 11.3 Å². The number of benzene rings is 2. The van der Waals surface area contributed by atoms with Crippen LogP contribution in [0.2, 0.25) is 0 Å². The molecule has 2 aromatic carbocycles. The van der Waals surface area contributed by atoms with Crippen molar-refractivity contribution < 1.29 is 16.8 Å². The van der Waals surface area contributed by atoms with Crippen molar-refractivity contribution >= 4 is 47.3 Å². The Bertz CT molecular complexity index is 1090. The van der Waals surface area contributed by atoms with Crippen molar-refractivity contribution in [1.29, 1.82) is 0 Å². The van der Waals surface area contributed by atoms with E-state index in [1.165, 1.54) is 48.7 Å². The number of thiazole rings is 1. The van der Waals surface area contributed by atoms with Gasteiger partial charge in [0, 0.05) is 5.69 Å². The molecule has 0 bridgehead atoms. The van der Waals surface area contributed by atoms with Crippen molar-refractivity contribution in [2.24, 2.45) is 0 Å². The highest BCUT2D eigenvalue weighted by Crippen LogP contribution is 2.24. The Morgan fingerprint density at radius 1 is 0.917 bits per heavy atom. The Morgan fingerprint density at radius 3 is 2.25 bits per heavy atom. The van der Waals surface area contributed by atoms with Crippen LogP contribution in [0.1, 0.15) is 0 Å². The van der Waals surface area contributed by atoms with Crippen molar-refractivity contribution in [2.75, 3.05) is 11.8 Å². The number of hydrogen-bond acceptors (Lipinski definition) is 6. The maximum atomic E-state index is 12.4. The fourth-order valence-electron chi connectivity index (χ4n) is 2.04. The van der Waals surface area contributed by atoms with Crippen LogP contribution in [0, 0.1) is 0 Å². The second-order valence-corrected chi connectivity index (χ2v) is 9.27. The molecule has 1 heterocycles. The summed E-state index contributed by atoms with van der Waals surface area (Å²) >= 11 is 1.35. The van der Waals surface area contributed by atoms with Crippen LogP contribution in [0.15, 0.2) is 57.8 Å². The van der Waals surface area contributed by atoms with Crippen molar-refractivity contribution in [3.05, 3.63) is 48.0 Å². The van der Waals surface area contributed by atoms with E-state index in [1.54, 1.807) is 17.6 Å². The minimum Gasteiger partial charge on any atom is -0.280 e. The number of hydrogen-bond donors (Lipinski definition) is 2. The molecule has 3 rings (SSSR count). The molecule has 0 saturated heterocycles. The van der Waals surface area contributed by atoms with Gasteiger partial charge in [-0.05, 0) is 49.5 Å². The minimum atomic E-state index is -3.77. The maximum Gasteiger partial charge on any atom is 0.261 e. The second-order valence-electron chi connectivity index (χ2n) is 4.82. The minimum absolute atomic E-state index is 0.0547. The number of nitrogens with one attached hydrogen (secondary N) is 2. The highest BCUT2D eigenvalue weighted by Gasteiger charge is 2.16. The lowest BCUT2D eigenvalue weighted by Crippen LogP contribution is -2.18. The lowest BCUT2D eigenvalue weighted by atomic mass is 10.3. The summed E-state index contributed by atoms with van der Waals surface area (Å²) in [6.45, 7) is 0. The second kappa shape index (κ2) is 6.13. The van der Waals surface area contributed by atoms with E-state index < -0.39 is 20.0 Å². The molecule has 0 aliphatic heterocycles. The molecule has 0 aliphatic rings. The summed E-state index contributed by atoms with van der Waals surface area (Å²) in [6.07, 6.45) is 0. The van der Waals surface area contributed by atoms with E-state index in [-0.39, 0.29) is 15.5 Å². The van der Waals surface area contributed by atoms with Gasteiger partial charge in [-0.2, -0.15) is 0 Å². The molecule has 0 aliphatic carbocycles. The number of aromatic nitrogens is 1. The molecule has 0 spiro atoms. The highest BCUT2D eigenvalue weighted by atomic mass is 32.2. The summed E-state index contributed by atoms with van der Waals surface area (Å²) in [5.41, 5.74) is 2.66. The lowest BCUT2D eigenvalue weighted by Gasteiger charge is -2.09. The normalized spacial score (nSPS) is 12.4. The zero-order chi connectivity index (χ0) is 17.4. The smallest absolute Gasteiger partial charge is 0.261 e. The first-order valence-corrected chi connectivity index (χ1v) is 10.6. The van der Waals surface area contributed by atoms with Gasteiger partial charge >= 0.3 is 0 Å². The van der Waals surface area contributed by atoms with Gasteiger partial charge in [0.25, 0.3) is 10.0 Å². The van der Waals surface area contributed by atoms with E-state index in [0.717, 1.165) is 10.2 Å². The first-order valence-electron chi connectivity index (χ1n) is 6.71. The Hall–Kier alpha value is -2.01. The molecular formula is C14H13N3O4S3. The summed E-state index contributed by atoms with van der Waals surface area (Å²) in [6, 6.07) is 10.1. The molecule has 0 saturated carbocycles. The third-order valence-corrected chi connectivity index (χ3v) is 6.90. The van der Waals surface area contributed by atoms with Crippen LogP contribution in [0.5, 0.6) is 0 Å². The van der Waals surface area contributed by atoms with E-state index >= 15 is 0 Å². The molecule has 0 atom stereocenters. The Labute approximate surface area is 143 Å². The van der Waals surface area contributed by atoms with Crippen LogP contribution in [0.3, 0.4) is 0 Å². The van der Waals surface area contributed by atoms with Gasteiger partial charge in [0.1, 0.15) is 0 Å². The molecule has 2 N–H and O–H groups in total. The molecule has 3 aromatic rings. The van der Waals surface area contributed by atoms with Crippen molar-refractivity contribution in [3.8, 4) is 0 Å². The summed E-state index contributed by atoms with van der Waals surface area (Å²) in [5.74, 6) is 0. The van der Waals surface area contributed by atoms with E-state index in [2.05, 4.69) is 14.4 Å². The molecule has 126 valence electrons. The third kappa shape index (κ3) is 3.26. The molecule has 0 unspecified atom stereocenters. The summed E-state index contributed by atoms with van der Waals surface area (Å²) < 4.78 is 53.6. The SMILES string of the molecule is CNS(=O)(=O)c1ccc(NS(=O)(=O)c2ccc3ncsc3c2)cc1. The average molecular weight is 383 g/mol. The Kier molecular flexibility index (Phi) is 4.30. The van der Waals surface area contributed by atoms with Crippen molar-refractivity contribution in [2.45, 2.75) is 9.79 Å². The molecule has 1 aromatic heterocycles. The zero-order valence-electron chi connectivity index (χ0n) is 12.4. The van der Waals surface area contributed by atoms with E-state index in [4.69, 9.17) is 0 Å². The Balaban J connectivity index is 1.89. The molecular weight excluding hydrogens is 370 g/mol. The first-order chi connectivity index (χ1) is 11.3. The zero-order valence-corrected chi connectivity index (χ0v) is 14.9. The van der Waals surface area contributed by atoms with E-state index in [0.29, 0.717) is 0 Å². The summed E-state index contributed by atoms with van der Waals surface area (Å²) in [7, 11) is -6.03. The van der Waals surface area contributed by atoms with Gasteiger partial charge in [0.2, 0.25) is 10.0 Å². The van der Waals surface area contributed by atoms with Crippen LogP contribution < -0.4 is 9.44 Å². The number of nitrogens with zero attached hydrogens (tertiary/aromatic N) is 1. The predicted octanol–water partition coefficient (Wildman–Crippen LogP) is 2.01. The fraction of sp³-hybridized carbons (Fsp3) is 0.0714. The molecule has 10 heteroatoms. The van der Waals surface area contributed by atoms with Gasteiger partial charge in [-0.25, -0.2) is 26.5 Å². The van der Waals surface area contributed by atoms with Crippen LogP contribution in [0.4, 0.5) is 5.69 Å². The summed E-state index contributed by atoms with van der Waals surface area (Å²) in [5, 5.41) is 0. The molecule has 7 nitrogen and oxygen atoms in total. The molecule has 0 radical (unpaired) electrons. The van der Waals surface area contributed by atoms with Crippen LogP contribution in [0.25, 0.3) is 10.2 Å². The van der Waals surface area contributed by atoms with Crippen LogP contribution in [-0.4, -0.2) is 28.9 Å². The lowest BCUT2D eigenvalue weighted by molar-refractivity contribution is 0.588. The monoisotopic (exact) mass is 383 g/mol. The molecule has 0 fully saturated rings. The number of anilines is 1. The molecule has 0 amide bonds. The van der Waals surface area contributed by atoms with Crippen molar-refractivity contribution in [1.82, 2.24) is 9.71 Å². The van der Waals surface area contributed by atoms with E-state index in [9.17, 15) is 16.8 Å². The summed E-state index contributed by atoms with van der Waals surface area (Å²) in [4.78, 5) is 4.28.